The number of aliphatic hydroxyl groups is 1. The highest BCUT2D eigenvalue weighted by molar-refractivity contribution is 6.02. The molecule has 3 N–H and O–H groups in total. The number of aliphatic hydroxyl groups excluding tert-OH is 1. The van der Waals surface area contributed by atoms with Crippen molar-refractivity contribution in [3.05, 3.63) is 54.1 Å². The summed E-state index contributed by atoms with van der Waals surface area (Å²) in [7, 11) is 0. The van der Waals surface area contributed by atoms with E-state index in [0.29, 0.717) is 11.3 Å². The summed E-state index contributed by atoms with van der Waals surface area (Å²) in [5.41, 5.74) is 1.39. The standard InChI is InChI=1S/C16H16N4O4/c21-14-9-24-8-13(20-14)15(22)10-1-3-11(4-2-10)19-16(23)12-7-17-5-6-18-12/h1-7,13,15,22H,8-9H2,(H,19,23)(H,20,21)/t13-,15-/m1/s1. The van der Waals surface area contributed by atoms with Crippen LogP contribution in [-0.2, 0) is 9.53 Å². The minimum absolute atomic E-state index is 0.0105. The third kappa shape index (κ3) is 3.73. The largest absolute Gasteiger partial charge is 0.386 e. The van der Waals surface area contributed by atoms with E-state index in [9.17, 15) is 14.7 Å². The van der Waals surface area contributed by atoms with Crippen molar-refractivity contribution < 1.29 is 19.4 Å². The van der Waals surface area contributed by atoms with Gasteiger partial charge in [0.05, 0.1) is 18.8 Å². The van der Waals surface area contributed by atoms with E-state index in [4.69, 9.17) is 4.74 Å². The molecule has 0 spiro atoms. The smallest absolute Gasteiger partial charge is 0.275 e. The molecule has 0 radical (unpaired) electrons. The first-order valence-corrected chi connectivity index (χ1v) is 7.36. The Hall–Kier alpha value is -2.84. The second-order valence-electron chi connectivity index (χ2n) is 5.30. The maximum Gasteiger partial charge on any atom is 0.275 e. The molecule has 1 aliphatic rings. The van der Waals surface area contributed by atoms with Crippen molar-refractivity contribution in [2.75, 3.05) is 18.5 Å². The fourth-order valence-corrected chi connectivity index (χ4v) is 2.35. The number of aromatic nitrogens is 2. The third-order valence-electron chi connectivity index (χ3n) is 3.56. The summed E-state index contributed by atoms with van der Waals surface area (Å²) >= 11 is 0. The van der Waals surface area contributed by atoms with Crippen molar-refractivity contribution in [1.82, 2.24) is 15.3 Å². The van der Waals surface area contributed by atoms with E-state index < -0.39 is 12.1 Å². The van der Waals surface area contributed by atoms with Crippen molar-refractivity contribution in [3.8, 4) is 0 Å². The number of benzene rings is 1. The Morgan fingerprint density at radius 3 is 2.79 bits per heavy atom. The Morgan fingerprint density at radius 1 is 1.33 bits per heavy atom. The number of ether oxygens (including phenoxy) is 1. The molecule has 2 amide bonds. The van der Waals surface area contributed by atoms with Gasteiger partial charge in [0.25, 0.3) is 5.91 Å². The number of rotatable bonds is 4. The lowest BCUT2D eigenvalue weighted by Gasteiger charge is -2.28. The van der Waals surface area contributed by atoms with Crippen LogP contribution in [0.2, 0.25) is 0 Å². The fraction of sp³-hybridized carbons (Fsp3) is 0.250. The number of morpholine rings is 1. The number of anilines is 1. The summed E-state index contributed by atoms with van der Waals surface area (Å²) in [6.45, 7) is 0.259. The molecular weight excluding hydrogens is 312 g/mol. The molecule has 1 fully saturated rings. The van der Waals surface area contributed by atoms with Crippen LogP contribution >= 0.6 is 0 Å². The zero-order valence-corrected chi connectivity index (χ0v) is 12.7. The van der Waals surface area contributed by atoms with Gasteiger partial charge in [-0.15, -0.1) is 0 Å². The molecule has 2 aromatic rings. The van der Waals surface area contributed by atoms with Gasteiger partial charge in [-0.2, -0.15) is 0 Å². The SMILES string of the molecule is O=C1COC[C@H]([C@H](O)c2ccc(NC(=O)c3cnccn3)cc2)N1. The van der Waals surface area contributed by atoms with Crippen LogP contribution in [0.15, 0.2) is 42.9 Å². The van der Waals surface area contributed by atoms with Crippen LogP contribution < -0.4 is 10.6 Å². The quantitative estimate of drug-likeness (QED) is 0.743. The molecule has 1 saturated heterocycles. The van der Waals surface area contributed by atoms with Crippen molar-refractivity contribution in [2.45, 2.75) is 12.1 Å². The van der Waals surface area contributed by atoms with Gasteiger partial charge in [-0.3, -0.25) is 14.6 Å². The average Bonchev–Trinajstić information content (AvgIpc) is 2.62. The number of nitrogens with one attached hydrogen (secondary N) is 2. The molecule has 1 aromatic carbocycles. The first-order valence-electron chi connectivity index (χ1n) is 7.36. The third-order valence-corrected chi connectivity index (χ3v) is 3.56. The van der Waals surface area contributed by atoms with E-state index in [1.165, 1.54) is 18.6 Å². The number of hydrogen-bond acceptors (Lipinski definition) is 6. The van der Waals surface area contributed by atoms with Crippen LogP contribution in [0.4, 0.5) is 5.69 Å². The van der Waals surface area contributed by atoms with Crippen LogP contribution in [0.3, 0.4) is 0 Å². The molecule has 3 rings (SSSR count). The molecule has 2 atom stereocenters. The molecule has 8 nitrogen and oxygen atoms in total. The molecule has 1 aliphatic heterocycles. The normalized spacial score (nSPS) is 18.5. The van der Waals surface area contributed by atoms with Crippen LogP contribution in [0, 0.1) is 0 Å². The van der Waals surface area contributed by atoms with E-state index in [-0.39, 0.29) is 30.7 Å². The van der Waals surface area contributed by atoms with E-state index in [0.717, 1.165) is 0 Å². The summed E-state index contributed by atoms with van der Waals surface area (Å²) < 4.78 is 5.12. The van der Waals surface area contributed by atoms with Crippen molar-refractivity contribution in [3.63, 3.8) is 0 Å². The molecule has 0 saturated carbocycles. The molecule has 1 aromatic heterocycles. The number of carbonyl (C=O) groups excluding carboxylic acids is 2. The van der Waals surface area contributed by atoms with Gasteiger partial charge in [0, 0.05) is 18.1 Å². The predicted octanol–water partition coefficient (Wildman–Crippen LogP) is 0.277. The van der Waals surface area contributed by atoms with Gasteiger partial charge < -0.3 is 20.5 Å². The molecule has 2 heterocycles. The number of nitrogens with zero attached hydrogens (tertiary/aromatic N) is 2. The Kier molecular flexibility index (Phi) is 4.78. The lowest BCUT2D eigenvalue weighted by atomic mass is 10.0. The van der Waals surface area contributed by atoms with Crippen LogP contribution in [-0.4, -0.2) is 46.1 Å². The second kappa shape index (κ2) is 7.16. The minimum atomic E-state index is -0.890. The van der Waals surface area contributed by atoms with Gasteiger partial charge in [0.15, 0.2) is 0 Å². The van der Waals surface area contributed by atoms with Gasteiger partial charge in [-0.1, -0.05) is 12.1 Å². The Balaban J connectivity index is 1.64. The zero-order valence-electron chi connectivity index (χ0n) is 12.7. The van der Waals surface area contributed by atoms with Crippen molar-refractivity contribution in [1.29, 1.82) is 0 Å². The lowest BCUT2D eigenvalue weighted by molar-refractivity contribution is -0.133. The van der Waals surface area contributed by atoms with Gasteiger partial charge in [-0.25, -0.2) is 4.98 Å². The first kappa shape index (κ1) is 16.0. The first-order chi connectivity index (χ1) is 11.6. The van der Waals surface area contributed by atoms with Gasteiger partial charge in [0.1, 0.15) is 18.4 Å². The van der Waals surface area contributed by atoms with Gasteiger partial charge in [-0.05, 0) is 17.7 Å². The summed E-state index contributed by atoms with van der Waals surface area (Å²) in [6, 6.07) is 6.19. The monoisotopic (exact) mass is 328 g/mol. The number of amides is 2. The second-order valence-corrected chi connectivity index (χ2v) is 5.30. The Bertz CT molecular complexity index is 721. The Labute approximate surface area is 137 Å². The van der Waals surface area contributed by atoms with Crippen molar-refractivity contribution >= 4 is 17.5 Å². The highest BCUT2D eigenvalue weighted by Crippen LogP contribution is 2.21. The van der Waals surface area contributed by atoms with E-state index >= 15 is 0 Å². The van der Waals surface area contributed by atoms with Crippen LogP contribution in [0.5, 0.6) is 0 Å². The van der Waals surface area contributed by atoms with E-state index in [2.05, 4.69) is 20.6 Å². The van der Waals surface area contributed by atoms with Crippen LogP contribution in [0.25, 0.3) is 0 Å². The highest BCUT2D eigenvalue weighted by Gasteiger charge is 2.26. The highest BCUT2D eigenvalue weighted by atomic mass is 16.5. The molecule has 0 aliphatic carbocycles. The lowest BCUT2D eigenvalue weighted by Crippen LogP contribution is -2.48. The average molecular weight is 328 g/mol. The maximum absolute atomic E-state index is 12.0. The topological polar surface area (TPSA) is 113 Å². The summed E-state index contributed by atoms with van der Waals surface area (Å²) in [5.74, 6) is -0.623. The molecule has 124 valence electrons. The Morgan fingerprint density at radius 2 is 2.12 bits per heavy atom. The fourth-order valence-electron chi connectivity index (χ4n) is 2.35. The molecule has 8 heteroatoms. The van der Waals surface area contributed by atoms with Gasteiger partial charge >= 0.3 is 0 Å². The maximum atomic E-state index is 12.0. The molecule has 24 heavy (non-hydrogen) atoms. The summed E-state index contributed by atoms with van der Waals surface area (Å²) in [5, 5.41) is 15.7. The molecule has 0 unspecified atom stereocenters. The molecular formula is C16H16N4O4. The van der Waals surface area contributed by atoms with E-state index in [1.54, 1.807) is 24.3 Å². The summed E-state index contributed by atoms with van der Waals surface area (Å²) in [6.07, 6.45) is 3.41. The molecule has 0 bridgehead atoms. The predicted molar refractivity (Wildman–Crippen MR) is 84.1 cm³/mol. The van der Waals surface area contributed by atoms with E-state index in [1.807, 2.05) is 0 Å². The minimum Gasteiger partial charge on any atom is -0.386 e. The van der Waals surface area contributed by atoms with Crippen molar-refractivity contribution in [2.24, 2.45) is 0 Å². The van der Waals surface area contributed by atoms with Gasteiger partial charge in [0.2, 0.25) is 5.91 Å². The van der Waals surface area contributed by atoms with Crippen LogP contribution in [0.1, 0.15) is 22.2 Å². The summed E-state index contributed by atoms with van der Waals surface area (Å²) in [4.78, 5) is 31.1. The number of hydrogen-bond donors (Lipinski definition) is 3. The zero-order chi connectivity index (χ0) is 16.9. The number of carbonyl (C=O) groups is 2.